The van der Waals surface area contributed by atoms with Gasteiger partial charge in [-0.15, -0.1) is 0 Å². The highest BCUT2D eigenvalue weighted by molar-refractivity contribution is 5.88. The number of aryl methyl sites for hydroxylation is 1. The summed E-state index contributed by atoms with van der Waals surface area (Å²) in [5, 5.41) is 10.0. The fourth-order valence-electron chi connectivity index (χ4n) is 5.69. The van der Waals surface area contributed by atoms with E-state index in [1.54, 1.807) is 6.07 Å². The Morgan fingerprint density at radius 2 is 1.60 bits per heavy atom. The van der Waals surface area contributed by atoms with Crippen molar-refractivity contribution in [3.8, 4) is 22.9 Å². The van der Waals surface area contributed by atoms with Gasteiger partial charge < -0.3 is 30.1 Å². The molecule has 0 radical (unpaired) electrons. The number of nitrogens with one attached hydrogen (secondary N) is 4. The maximum Gasteiger partial charge on any atom is 0.416 e. The molecule has 15 heteroatoms. The van der Waals surface area contributed by atoms with Crippen molar-refractivity contribution in [1.82, 2.24) is 25.3 Å². The number of rotatable bonds is 7. The van der Waals surface area contributed by atoms with Crippen molar-refractivity contribution in [2.24, 2.45) is 0 Å². The molecule has 3 aromatic heterocycles. The third kappa shape index (κ3) is 6.58. The molecule has 4 N–H and O–H groups in total. The van der Waals surface area contributed by atoms with Crippen molar-refractivity contribution in [3.05, 3.63) is 83.7 Å². The number of anilines is 3. The Labute approximate surface area is 268 Å². The Bertz CT molecular complexity index is 2080. The van der Waals surface area contributed by atoms with Gasteiger partial charge in [0.1, 0.15) is 23.2 Å². The summed E-state index contributed by atoms with van der Waals surface area (Å²) in [6.07, 6.45) is -6.50. The van der Waals surface area contributed by atoms with Crippen molar-refractivity contribution in [3.63, 3.8) is 0 Å². The molecule has 0 saturated carbocycles. The number of hydrogen-bond acceptors (Lipinski definition) is 8. The Hall–Kier alpha value is -5.31. The predicted molar refractivity (Wildman–Crippen MR) is 167 cm³/mol. The van der Waals surface area contributed by atoms with Crippen LogP contribution in [0, 0.1) is 6.92 Å². The van der Waals surface area contributed by atoms with Crippen LogP contribution < -0.4 is 20.7 Å². The molecule has 9 nitrogen and oxygen atoms in total. The van der Waals surface area contributed by atoms with E-state index in [4.69, 9.17) is 9.15 Å². The molecule has 1 aliphatic rings. The van der Waals surface area contributed by atoms with Gasteiger partial charge in [0.05, 0.1) is 16.5 Å². The van der Waals surface area contributed by atoms with Gasteiger partial charge >= 0.3 is 12.4 Å². The number of H-pyrrole nitrogens is 1. The highest BCUT2D eigenvalue weighted by Crippen LogP contribution is 2.39. The van der Waals surface area contributed by atoms with Gasteiger partial charge in [-0.3, -0.25) is 0 Å². The first kappa shape index (κ1) is 31.3. The van der Waals surface area contributed by atoms with Crippen LogP contribution in [0.15, 0.2) is 71.4 Å². The second-order valence-electron chi connectivity index (χ2n) is 11.5. The minimum absolute atomic E-state index is 0.0454. The van der Waals surface area contributed by atoms with Gasteiger partial charge in [-0.1, -0.05) is 6.07 Å². The molecule has 3 aromatic carbocycles. The SMILES string of the molecule is Cc1cc(NC2CCNCC2)ccc1-c1cc2c(Oc3ccc4oc(Nc5cc(C(F)(F)F)cc(C(F)(F)F)c5)nc4c3)ncnc2[nH]1. The first-order valence-corrected chi connectivity index (χ1v) is 15.0. The third-order valence-corrected chi connectivity index (χ3v) is 8.03. The Balaban J connectivity index is 1.12. The van der Waals surface area contributed by atoms with Crippen LogP contribution >= 0.6 is 0 Å². The molecule has 0 spiro atoms. The van der Waals surface area contributed by atoms with E-state index < -0.39 is 29.2 Å². The summed E-state index contributed by atoms with van der Waals surface area (Å²) < 4.78 is 91.4. The van der Waals surface area contributed by atoms with Gasteiger partial charge in [0.15, 0.2) is 5.58 Å². The van der Waals surface area contributed by atoms with Crippen LogP contribution in [0.25, 0.3) is 33.4 Å². The largest absolute Gasteiger partial charge is 0.438 e. The molecular weight excluding hydrogens is 640 g/mol. The number of aromatic nitrogens is 4. The summed E-state index contributed by atoms with van der Waals surface area (Å²) in [4.78, 5) is 16.2. The van der Waals surface area contributed by atoms with Gasteiger partial charge in [0, 0.05) is 34.7 Å². The summed E-state index contributed by atoms with van der Waals surface area (Å²) in [7, 11) is 0. The zero-order valence-electron chi connectivity index (χ0n) is 25.2. The van der Waals surface area contributed by atoms with E-state index in [1.807, 2.05) is 19.1 Å². The minimum atomic E-state index is -4.99. The highest BCUT2D eigenvalue weighted by atomic mass is 19.4. The molecule has 0 unspecified atom stereocenters. The standard InChI is InChI=1S/C33H27F6N7O2/c1-17-10-21(43-20-6-8-40-9-7-20)2-4-24(17)26-15-25-29(45-26)41-16-42-30(25)47-23-3-5-28-27(14-23)46-31(48-28)44-22-12-18(32(34,35)36)11-19(13-22)33(37,38)39/h2-5,10-16,20,40,43H,6-9H2,1H3,(H,44,46)(H,41,42,45). The maximum atomic E-state index is 13.3. The summed E-state index contributed by atoms with van der Waals surface area (Å²) in [5.41, 5.74) is 1.54. The lowest BCUT2D eigenvalue weighted by Crippen LogP contribution is -2.35. The van der Waals surface area contributed by atoms with E-state index in [2.05, 4.69) is 48.0 Å². The molecule has 1 fully saturated rings. The van der Waals surface area contributed by atoms with Crippen molar-refractivity contribution in [2.75, 3.05) is 23.7 Å². The Morgan fingerprint density at radius 1 is 0.854 bits per heavy atom. The minimum Gasteiger partial charge on any atom is -0.438 e. The predicted octanol–water partition coefficient (Wildman–Crippen LogP) is 8.81. The summed E-state index contributed by atoms with van der Waals surface area (Å²) in [6, 6.07) is 14.0. The average Bonchev–Trinajstić information content (AvgIpc) is 3.65. The van der Waals surface area contributed by atoms with E-state index >= 15 is 0 Å². The molecule has 7 rings (SSSR count). The lowest BCUT2D eigenvalue weighted by Gasteiger charge is -2.25. The number of benzene rings is 3. The van der Waals surface area contributed by atoms with E-state index in [1.165, 1.54) is 18.5 Å². The zero-order chi connectivity index (χ0) is 33.6. The topological polar surface area (TPSA) is 113 Å². The molecule has 0 aliphatic carbocycles. The van der Waals surface area contributed by atoms with E-state index in [9.17, 15) is 26.3 Å². The van der Waals surface area contributed by atoms with Crippen molar-refractivity contribution < 1.29 is 35.5 Å². The lowest BCUT2D eigenvalue weighted by atomic mass is 10.0. The van der Waals surface area contributed by atoms with Crippen molar-refractivity contribution in [1.29, 1.82) is 0 Å². The first-order valence-electron chi connectivity index (χ1n) is 15.0. The van der Waals surface area contributed by atoms with Crippen LogP contribution in [-0.4, -0.2) is 39.1 Å². The van der Waals surface area contributed by atoms with Crippen LogP contribution in [0.1, 0.15) is 29.5 Å². The van der Waals surface area contributed by atoms with Gasteiger partial charge in [0.2, 0.25) is 5.88 Å². The number of fused-ring (bicyclic) bond motifs is 2. The normalized spacial score (nSPS) is 14.5. The smallest absolute Gasteiger partial charge is 0.416 e. The van der Waals surface area contributed by atoms with E-state index in [0.29, 0.717) is 35.0 Å². The number of oxazole rings is 1. The second-order valence-corrected chi connectivity index (χ2v) is 11.5. The quantitative estimate of drug-likeness (QED) is 0.125. The van der Waals surface area contributed by atoms with E-state index in [-0.39, 0.29) is 29.1 Å². The van der Waals surface area contributed by atoms with Gasteiger partial charge in [-0.05, 0) is 86.9 Å². The van der Waals surface area contributed by atoms with Gasteiger partial charge in [-0.2, -0.15) is 31.3 Å². The number of aromatic amines is 1. The molecule has 0 bridgehead atoms. The molecule has 48 heavy (non-hydrogen) atoms. The highest BCUT2D eigenvalue weighted by Gasteiger charge is 2.37. The Kier molecular flexibility index (Phi) is 7.86. The first-order chi connectivity index (χ1) is 22.9. The summed E-state index contributed by atoms with van der Waals surface area (Å²) in [5.74, 6) is 0.572. The number of halogens is 6. The average molecular weight is 668 g/mol. The monoisotopic (exact) mass is 667 g/mol. The van der Waals surface area contributed by atoms with Crippen molar-refractivity contribution in [2.45, 2.75) is 38.2 Å². The molecule has 4 heterocycles. The molecule has 6 aromatic rings. The van der Waals surface area contributed by atoms with Crippen LogP contribution in [-0.2, 0) is 12.4 Å². The third-order valence-electron chi connectivity index (χ3n) is 8.03. The van der Waals surface area contributed by atoms with Gasteiger partial charge in [0.25, 0.3) is 6.01 Å². The fourth-order valence-corrected chi connectivity index (χ4v) is 5.69. The van der Waals surface area contributed by atoms with Gasteiger partial charge in [-0.25, -0.2) is 9.97 Å². The lowest BCUT2D eigenvalue weighted by molar-refractivity contribution is -0.143. The van der Waals surface area contributed by atoms with Crippen molar-refractivity contribution >= 4 is 39.5 Å². The second kappa shape index (κ2) is 12.0. The van der Waals surface area contributed by atoms with Crippen LogP contribution in [0.4, 0.5) is 43.7 Å². The number of piperidine rings is 1. The fraction of sp³-hybridized carbons (Fsp3) is 0.242. The van der Waals surface area contributed by atoms with Crippen LogP contribution in [0.3, 0.4) is 0 Å². The Morgan fingerprint density at radius 3 is 2.31 bits per heavy atom. The number of ether oxygens (including phenoxy) is 1. The zero-order valence-corrected chi connectivity index (χ0v) is 25.2. The molecule has 0 atom stereocenters. The summed E-state index contributed by atoms with van der Waals surface area (Å²) in [6.45, 7) is 4.03. The molecule has 1 saturated heterocycles. The molecule has 0 amide bonds. The maximum absolute atomic E-state index is 13.3. The molecule has 248 valence electrons. The molecular formula is C33H27F6N7O2. The van der Waals surface area contributed by atoms with Crippen LogP contribution in [0.5, 0.6) is 11.6 Å². The summed E-state index contributed by atoms with van der Waals surface area (Å²) >= 11 is 0. The number of alkyl halides is 6. The van der Waals surface area contributed by atoms with E-state index in [0.717, 1.165) is 48.4 Å². The number of hydrogen-bond donors (Lipinski definition) is 4. The number of nitrogens with zero attached hydrogens (tertiary/aromatic N) is 3. The van der Waals surface area contributed by atoms with Crippen LogP contribution in [0.2, 0.25) is 0 Å². The molecule has 1 aliphatic heterocycles.